The van der Waals surface area contributed by atoms with E-state index in [0.717, 1.165) is 24.3 Å². The third-order valence-corrected chi connectivity index (χ3v) is 7.64. The molecule has 0 aliphatic carbocycles. The second kappa shape index (κ2) is 8.02. The molecule has 1 aliphatic rings. The van der Waals surface area contributed by atoms with Crippen molar-refractivity contribution in [1.82, 2.24) is 4.98 Å². The van der Waals surface area contributed by atoms with E-state index < -0.39 is 0 Å². The van der Waals surface area contributed by atoms with E-state index in [4.69, 9.17) is 4.74 Å². The van der Waals surface area contributed by atoms with E-state index in [-0.39, 0.29) is 10.8 Å². The van der Waals surface area contributed by atoms with Crippen molar-refractivity contribution in [3.63, 3.8) is 0 Å². The van der Waals surface area contributed by atoms with Crippen LogP contribution in [0, 0.1) is 17.8 Å². The number of rotatable bonds is 2. The lowest BCUT2D eigenvalue weighted by molar-refractivity contribution is -0.659. The molecule has 0 unspecified atom stereocenters. The molecule has 0 saturated carbocycles. The molecule has 6 rings (SSSR count). The number of aromatic nitrogens is 2. The summed E-state index contributed by atoms with van der Waals surface area (Å²) in [5.41, 5.74) is 6.62. The molecule has 188 valence electrons. The number of ether oxygens (including phenoxy) is 1. The van der Waals surface area contributed by atoms with Crippen LogP contribution in [0.1, 0.15) is 58.2 Å². The Hall–Kier alpha value is -3.46. The van der Waals surface area contributed by atoms with Crippen LogP contribution in [0.2, 0.25) is 0 Å². The summed E-state index contributed by atoms with van der Waals surface area (Å²) in [7, 11) is 2.16. The molecule has 37 heavy (non-hydrogen) atoms. The molecule has 3 nitrogen and oxygen atoms in total. The molecule has 3 aromatic carbocycles. The summed E-state index contributed by atoms with van der Waals surface area (Å²) in [6.45, 7) is 16.1. The molecule has 3 heteroatoms. The Balaban J connectivity index is 1.76. The largest absolute Gasteiger partial charge is 0.455 e. The Bertz CT molecular complexity index is 1730. The van der Waals surface area contributed by atoms with Crippen LogP contribution in [0.15, 0.2) is 55.0 Å². The van der Waals surface area contributed by atoms with Crippen LogP contribution in [-0.4, -0.2) is 4.98 Å². The van der Waals surface area contributed by atoms with E-state index in [1.54, 1.807) is 0 Å². The minimum absolute atomic E-state index is 0.111. The van der Waals surface area contributed by atoms with Gasteiger partial charge < -0.3 is 4.74 Å². The van der Waals surface area contributed by atoms with Gasteiger partial charge in [0, 0.05) is 34.8 Å². The van der Waals surface area contributed by atoms with Gasteiger partial charge >= 0.3 is 0 Å². The van der Waals surface area contributed by atoms with E-state index in [0.29, 0.717) is 0 Å². The third kappa shape index (κ3) is 3.87. The van der Waals surface area contributed by atoms with Crippen molar-refractivity contribution >= 4 is 32.3 Å². The van der Waals surface area contributed by atoms with Crippen LogP contribution in [-0.2, 0) is 19.9 Å². The minimum atomic E-state index is 0.111. The maximum absolute atomic E-state index is 7.03. The number of nitrogens with zero attached hydrogens (tertiary/aromatic N) is 2. The fourth-order valence-electron chi connectivity index (χ4n) is 6.20. The van der Waals surface area contributed by atoms with Gasteiger partial charge in [-0.2, -0.15) is 0 Å². The normalized spacial score (nSPS) is 13.3. The van der Waals surface area contributed by atoms with Crippen LogP contribution in [0.25, 0.3) is 43.6 Å². The standard InChI is InChI=1S/C34H37N2O/c1-20-27-19-35-14-12-23(27)26(18-34(5,6)7)32-29(20)31-30-24(13-15-36(31)8)22-11-9-10-21(17-33(2,3)4)25(22)16-28(30)37-32/h9-16,19H,17-18H2,1-8H3/q+1. The maximum atomic E-state index is 7.03. The quantitative estimate of drug-likeness (QED) is 0.180. The first-order valence-corrected chi connectivity index (χ1v) is 13.4. The lowest BCUT2D eigenvalue weighted by atomic mass is 9.81. The summed E-state index contributed by atoms with van der Waals surface area (Å²) in [5.74, 6) is 1.97. The van der Waals surface area contributed by atoms with Crippen LogP contribution in [0.5, 0.6) is 11.5 Å². The second-order valence-electron chi connectivity index (χ2n) is 13.3. The van der Waals surface area contributed by atoms with Crippen molar-refractivity contribution in [2.45, 2.75) is 61.3 Å². The summed E-state index contributed by atoms with van der Waals surface area (Å²) < 4.78 is 9.30. The van der Waals surface area contributed by atoms with Gasteiger partial charge in [-0.15, -0.1) is 0 Å². The topological polar surface area (TPSA) is 26.0 Å². The molecule has 0 bridgehead atoms. The fraction of sp³-hybridized carbons (Fsp3) is 0.353. The lowest BCUT2D eigenvalue weighted by Gasteiger charge is -2.28. The lowest BCUT2D eigenvalue weighted by Crippen LogP contribution is -2.32. The Kier molecular flexibility index (Phi) is 5.18. The summed E-state index contributed by atoms with van der Waals surface area (Å²) in [5, 5.41) is 7.49. The number of hydrogen-bond acceptors (Lipinski definition) is 2. The van der Waals surface area contributed by atoms with Gasteiger partial charge in [0.15, 0.2) is 6.20 Å². The van der Waals surface area contributed by atoms with Crippen LogP contribution in [0.4, 0.5) is 0 Å². The molecule has 1 aliphatic heterocycles. The number of benzene rings is 3. The van der Waals surface area contributed by atoms with Gasteiger partial charge in [-0.1, -0.05) is 59.7 Å². The molecule has 3 heterocycles. The summed E-state index contributed by atoms with van der Waals surface area (Å²) in [4.78, 5) is 4.51. The Morgan fingerprint density at radius 1 is 0.838 bits per heavy atom. The molecule has 0 atom stereocenters. The molecule has 0 saturated heterocycles. The number of pyridine rings is 2. The minimum Gasteiger partial charge on any atom is -0.455 e. The molecule has 0 fully saturated rings. The van der Waals surface area contributed by atoms with Gasteiger partial charge in [0.05, 0.1) is 10.9 Å². The number of fused-ring (bicyclic) bond motifs is 5. The van der Waals surface area contributed by atoms with Gasteiger partial charge in [0.1, 0.15) is 18.5 Å². The highest BCUT2D eigenvalue weighted by Gasteiger charge is 2.34. The predicted molar refractivity (Wildman–Crippen MR) is 154 cm³/mol. The predicted octanol–water partition coefficient (Wildman–Crippen LogP) is 8.62. The molecule has 0 N–H and O–H groups in total. The molecule has 0 radical (unpaired) electrons. The Labute approximate surface area is 220 Å². The summed E-state index contributed by atoms with van der Waals surface area (Å²) in [6, 6.07) is 13.5. The fourth-order valence-corrected chi connectivity index (χ4v) is 6.20. The molecular formula is C34H37N2O+. The number of hydrogen-bond donors (Lipinski definition) is 0. The van der Waals surface area contributed by atoms with E-state index >= 15 is 0 Å². The van der Waals surface area contributed by atoms with E-state index in [9.17, 15) is 0 Å². The summed E-state index contributed by atoms with van der Waals surface area (Å²) >= 11 is 0. The molecule has 5 aromatic rings. The zero-order valence-corrected chi connectivity index (χ0v) is 23.4. The van der Waals surface area contributed by atoms with Crippen LogP contribution >= 0.6 is 0 Å². The molecule has 2 aromatic heterocycles. The summed E-state index contributed by atoms with van der Waals surface area (Å²) in [6.07, 6.45) is 8.08. The average Bonchev–Trinajstić information content (AvgIpc) is 2.82. The SMILES string of the molecule is Cc1c2c(c(CC(C)(C)C)c3ccncc13)Oc1cc3c(CC(C)(C)C)cccc3c3cc[n+](C)c-2c13. The average molecular weight is 490 g/mol. The van der Waals surface area contributed by atoms with Gasteiger partial charge in [-0.05, 0) is 70.0 Å². The highest BCUT2D eigenvalue weighted by molar-refractivity contribution is 6.16. The highest BCUT2D eigenvalue weighted by atomic mass is 16.5. The van der Waals surface area contributed by atoms with Gasteiger partial charge in [0.25, 0.3) is 0 Å². The zero-order valence-electron chi connectivity index (χ0n) is 23.4. The first-order chi connectivity index (χ1) is 17.4. The Morgan fingerprint density at radius 3 is 2.32 bits per heavy atom. The van der Waals surface area contributed by atoms with Gasteiger partial charge in [-0.3, -0.25) is 4.98 Å². The van der Waals surface area contributed by atoms with E-state index in [2.05, 4.69) is 108 Å². The van der Waals surface area contributed by atoms with Crippen molar-refractivity contribution in [3.8, 4) is 22.8 Å². The zero-order chi connectivity index (χ0) is 26.3. The Morgan fingerprint density at radius 2 is 1.59 bits per heavy atom. The van der Waals surface area contributed by atoms with Gasteiger partial charge in [0.2, 0.25) is 5.69 Å². The maximum Gasteiger partial charge on any atom is 0.228 e. The van der Waals surface area contributed by atoms with Crippen molar-refractivity contribution in [2.24, 2.45) is 17.9 Å². The highest BCUT2D eigenvalue weighted by Crippen LogP contribution is 2.52. The third-order valence-electron chi connectivity index (χ3n) is 7.64. The second-order valence-corrected chi connectivity index (χ2v) is 13.3. The van der Waals surface area contributed by atoms with Crippen molar-refractivity contribution in [3.05, 3.63) is 71.7 Å². The first kappa shape index (κ1) is 23.9. The van der Waals surface area contributed by atoms with Crippen molar-refractivity contribution < 1.29 is 9.30 Å². The van der Waals surface area contributed by atoms with Crippen molar-refractivity contribution in [2.75, 3.05) is 0 Å². The molecule has 0 amide bonds. The smallest absolute Gasteiger partial charge is 0.228 e. The number of aryl methyl sites for hydroxylation is 2. The van der Waals surface area contributed by atoms with E-state index in [1.807, 2.05) is 12.4 Å². The van der Waals surface area contributed by atoms with Crippen LogP contribution in [0.3, 0.4) is 0 Å². The van der Waals surface area contributed by atoms with E-state index in [1.165, 1.54) is 60.3 Å². The molecule has 0 spiro atoms. The molecular weight excluding hydrogens is 452 g/mol. The van der Waals surface area contributed by atoms with Gasteiger partial charge in [-0.25, -0.2) is 4.57 Å². The van der Waals surface area contributed by atoms with Crippen LogP contribution < -0.4 is 9.30 Å². The van der Waals surface area contributed by atoms with Crippen molar-refractivity contribution in [1.29, 1.82) is 0 Å². The first-order valence-electron chi connectivity index (χ1n) is 13.4. The monoisotopic (exact) mass is 489 g/mol.